The molecule has 1 aromatic heterocycles. The molecule has 1 saturated heterocycles. The Morgan fingerprint density at radius 1 is 0.962 bits per heavy atom. The van der Waals surface area contributed by atoms with Gasteiger partial charge < -0.3 is 19.8 Å². The Kier molecular flexibility index (Phi) is 5.62. The van der Waals surface area contributed by atoms with Gasteiger partial charge in [-0.05, 0) is 18.2 Å². The zero-order valence-corrected chi connectivity index (χ0v) is 14.4. The third-order valence-electron chi connectivity index (χ3n) is 4.24. The van der Waals surface area contributed by atoms with Gasteiger partial charge in [-0.1, -0.05) is 18.2 Å². The van der Waals surface area contributed by atoms with E-state index in [-0.39, 0.29) is 19.0 Å². The van der Waals surface area contributed by atoms with E-state index in [1.165, 1.54) is 0 Å². The van der Waals surface area contributed by atoms with E-state index < -0.39 is 5.97 Å². The molecule has 0 atom stereocenters. The summed E-state index contributed by atoms with van der Waals surface area (Å²) in [5.41, 5.74) is 0.722. The number of aliphatic carboxylic acids is 1. The van der Waals surface area contributed by atoms with Gasteiger partial charge in [0.25, 0.3) is 0 Å². The highest BCUT2D eigenvalue weighted by molar-refractivity contribution is 5.84. The van der Waals surface area contributed by atoms with E-state index in [2.05, 4.69) is 9.97 Å². The normalized spacial score (nSPS) is 14.2. The first-order valence-electron chi connectivity index (χ1n) is 8.45. The topological polar surface area (TPSA) is 89.9 Å². The first kappa shape index (κ1) is 17.7. The highest BCUT2D eigenvalue weighted by Crippen LogP contribution is 2.14. The predicted molar refractivity (Wildman–Crippen MR) is 97.1 cm³/mol. The molecule has 0 radical (unpaired) electrons. The number of aromatic nitrogens is 2. The zero-order valence-electron chi connectivity index (χ0n) is 14.4. The fraction of sp³-hybridized carbons (Fsp3) is 0.333. The Hall–Kier alpha value is -3.16. The molecule has 1 aromatic carbocycles. The average molecular weight is 355 g/mol. The van der Waals surface area contributed by atoms with Crippen LogP contribution in [0.1, 0.15) is 0 Å². The molecular weight excluding hydrogens is 334 g/mol. The fourth-order valence-electron chi connectivity index (χ4n) is 2.91. The van der Waals surface area contributed by atoms with Crippen molar-refractivity contribution in [1.29, 1.82) is 0 Å². The second-order valence-electron chi connectivity index (χ2n) is 6.00. The van der Waals surface area contributed by atoms with Crippen LogP contribution < -0.4 is 9.80 Å². The van der Waals surface area contributed by atoms with Gasteiger partial charge in [-0.3, -0.25) is 9.59 Å². The number of rotatable bonds is 6. The predicted octanol–water partition coefficient (Wildman–Crippen LogP) is 0.716. The first-order chi connectivity index (χ1) is 12.6. The molecule has 8 heteroatoms. The summed E-state index contributed by atoms with van der Waals surface area (Å²) in [4.78, 5) is 37.6. The number of carbonyl (C=O) groups is 2. The number of carboxylic acid groups (broad SMARTS) is 1. The van der Waals surface area contributed by atoms with Crippen LogP contribution in [0.15, 0.2) is 48.8 Å². The lowest BCUT2D eigenvalue weighted by Crippen LogP contribution is -2.52. The molecule has 26 heavy (non-hydrogen) atoms. The standard InChI is InChI=1S/C18H21N5O3/c24-16(13-23(14-17(25)26)15-5-2-1-3-6-15)21-9-11-22(12-10-21)18-19-7-4-8-20-18/h1-8H,9-14H2,(H,25,26). The zero-order chi connectivity index (χ0) is 18.4. The van der Waals surface area contributed by atoms with Crippen LogP contribution in [0.3, 0.4) is 0 Å². The van der Waals surface area contributed by atoms with E-state index in [0.29, 0.717) is 32.1 Å². The van der Waals surface area contributed by atoms with Crippen molar-refractivity contribution in [3.05, 3.63) is 48.8 Å². The van der Waals surface area contributed by atoms with Gasteiger partial charge in [0.2, 0.25) is 11.9 Å². The number of hydrogen-bond donors (Lipinski definition) is 1. The van der Waals surface area contributed by atoms with E-state index in [1.807, 2.05) is 23.1 Å². The molecule has 0 saturated carbocycles. The van der Waals surface area contributed by atoms with Crippen molar-refractivity contribution in [3.63, 3.8) is 0 Å². The van der Waals surface area contributed by atoms with Crippen LogP contribution >= 0.6 is 0 Å². The number of hydrogen-bond acceptors (Lipinski definition) is 6. The number of carboxylic acids is 1. The van der Waals surface area contributed by atoms with Crippen LogP contribution in [0, 0.1) is 0 Å². The summed E-state index contributed by atoms with van der Waals surface area (Å²) in [5, 5.41) is 9.14. The molecule has 2 aromatic rings. The quantitative estimate of drug-likeness (QED) is 0.816. The molecule has 0 spiro atoms. The summed E-state index contributed by atoms with van der Waals surface area (Å²) in [6.07, 6.45) is 3.40. The third kappa shape index (κ3) is 4.47. The largest absolute Gasteiger partial charge is 0.480 e. The van der Waals surface area contributed by atoms with Gasteiger partial charge in [0.05, 0.1) is 6.54 Å². The van der Waals surface area contributed by atoms with E-state index in [0.717, 1.165) is 5.69 Å². The molecule has 1 amide bonds. The average Bonchev–Trinajstić information content (AvgIpc) is 2.68. The van der Waals surface area contributed by atoms with Crippen molar-refractivity contribution in [2.45, 2.75) is 0 Å². The lowest BCUT2D eigenvalue weighted by molar-refractivity contribution is -0.135. The van der Waals surface area contributed by atoms with Crippen LogP contribution in [0.4, 0.5) is 11.6 Å². The van der Waals surface area contributed by atoms with Gasteiger partial charge in [0, 0.05) is 44.3 Å². The Morgan fingerprint density at radius 2 is 1.62 bits per heavy atom. The maximum Gasteiger partial charge on any atom is 0.323 e. The van der Waals surface area contributed by atoms with Crippen molar-refractivity contribution < 1.29 is 14.7 Å². The summed E-state index contributed by atoms with van der Waals surface area (Å²) >= 11 is 0. The molecule has 0 aliphatic carbocycles. The van der Waals surface area contributed by atoms with E-state index in [1.54, 1.807) is 40.4 Å². The molecule has 1 fully saturated rings. The highest BCUT2D eigenvalue weighted by Gasteiger charge is 2.24. The van der Waals surface area contributed by atoms with Gasteiger partial charge in [0.1, 0.15) is 6.54 Å². The highest BCUT2D eigenvalue weighted by atomic mass is 16.4. The molecule has 0 bridgehead atoms. The molecule has 2 heterocycles. The number of nitrogens with zero attached hydrogens (tertiary/aromatic N) is 5. The second kappa shape index (κ2) is 8.28. The molecular formula is C18H21N5O3. The SMILES string of the molecule is O=C(O)CN(CC(=O)N1CCN(c2ncccn2)CC1)c1ccccc1. The lowest BCUT2D eigenvalue weighted by atomic mass is 10.2. The number of piperazine rings is 1. The first-order valence-corrected chi connectivity index (χ1v) is 8.45. The van der Waals surface area contributed by atoms with Crippen LogP contribution in [-0.4, -0.2) is 71.1 Å². The van der Waals surface area contributed by atoms with Crippen LogP contribution in [-0.2, 0) is 9.59 Å². The Morgan fingerprint density at radius 3 is 2.23 bits per heavy atom. The summed E-state index contributed by atoms with van der Waals surface area (Å²) in [5.74, 6) is -0.382. The van der Waals surface area contributed by atoms with Crippen molar-refractivity contribution >= 4 is 23.5 Å². The second-order valence-corrected chi connectivity index (χ2v) is 6.00. The molecule has 1 aliphatic heterocycles. The molecule has 0 unspecified atom stereocenters. The minimum atomic E-state index is -0.965. The van der Waals surface area contributed by atoms with Gasteiger partial charge in [0.15, 0.2) is 0 Å². The van der Waals surface area contributed by atoms with E-state index in [9.17, 15) is 9.59 Å². The summed E-state index contributed by atoms with van der Waals surface area (Å²) in [6.45, 7) is 2.26. The van der Waals surface area contributed by atoms with Gasteiger partial charge >= 0.3 is 5.97 Å². The third-order valence-corrected chi connectivity index (χ3v) is 4.24. The van der Waals surface area contributed by atoms with Gasteiger partial charge in [-0.25, -0.2) is 9.97 Å². The van der Waals surface area contributed by atoms with E-state index >= 15 is 0 Å². The Bertz CT molecular complexity index is 733. The molecule has 1 N–H and O–H groups in total. The van der Waals surface area contributed by atoms with Crippen molar-refractivity contribution in [3.8, 4) is 0 Å². The van der Waals surface area contributed by atoms with Crippen molar-refractivity contribution in [1.82, 2.24) is 14.9 Å². The van der Waals surface area contributed by atoms with Crippen LogP contribution in [0.25, 0.3) is 0 Å². The minimum Gasteiger partial charge on any atom is -0.480 e. The smallest absolute Gasteiger partial charge is 0.323 e. The molecule has 8 nitrogen and oxygen atoms in total. The monoisotopic (exact) mass is 355 g/mol. The van der Waals surface area contributed by atoms with Crippen molar-refractivity contribution in [2.75, 3.05) is 49.1 Å². The van der Waals surface area contributed by atoms with Crippen molar-refractivity contribution in [2.24, 2.45) is 0 Å². The number of anilines is 2. The summed E-state index contributed by atoms with van der Waals surface area (Å²) in [7, 11) is 0. The Labute approximate surface area is 151 Å². The van der Waals surface area contributed by atoms with Gasteiger partial charge in [-0.2, -0.15) is 0 Å². The maximum atomic E-state index is 12.6. The lowest BCUT2D eigenvalue weighted by Gasteiger charge is -2.35. The maximum absolute atomic E-state index is 12.6. The summed E-state index contributed by atoms with van der Waals surface area (Å²) in [6, 6.07) is 10.9. The molecule has 136 valence electrons. The molecule has 1 aliphatic rings. The van der Waals surface area contributed by atoms with Crippen LogP contribution in [0.5, 0.6) is 0 Å². The minimum absolute atomic E-state index is 0.0398. The number of amides is 1. The van der Waals surface area contributed by atoms with Crippen LogP contribution in [0.2, 0.25) is 0 Å². The molecule has 3 rings (SSSR count). The van der Waals surface area contributed by atoms with Gasteiger partial charge in [-0.15, -0.1) is 0 Å². The summed E-state index contributed by atoms with van der Waals surface area (Å²) < 4.78 is 0. The fourth-order valence-corrected chi connectivity index (χ4v) is 2.91. The van der Waals surface area contributed by atoms with E-state index in [4.69, 9.17) is 5.11 Å². The number of benzene rings is 1. The Balaban J connectivity index is 1.59. The number of carbonyl (C=O) groups excluding carboxylic acids is 1. The number of para-hydroxylation sites is 1.